The highest BCUT2D eigenvalue weighted by atomic mass is 16.6. The predicted octanol–water partition coefficient (Wildman–Crippen LogP) is 4.02. The van der Waals surface area contributed by atoms with E-state index in [0.29, 0.717) is 6.54 Å². The lowest BCUT2D eigenvalue weighted by molar-refractivity contribution is -0.140. The number of aryl methyl sites for hydroxylation is 2. The summed E-state index contributed by atoms with van der Waals surface area (Å²) in [6.45, 7) is 15.2. The van der Waals surface area contributed by atoms with Gasteiger partial charge in [-0.1, -0.05) is 37.1 Å². The van der Waals surface area contributed by atoms with Gasteiger partial charge in [0.15, 0.2) is 0 Å². The molecule has 0 aliphatic carbocycles. The zero-order valence-corrected chi connectivity index (χ0v) is 20.3. The minimum Gasteiger partial charge on any atom is -0.444 e. The summed E-state index contributed by atoms with van der Waals surface area (Å²) in [5.74, 6) is -0.561. The van der Waals surface area contributed by atoms with Crippen LogP contribution < -0.4 is 10.6 Å². The van der Waals surface area contributed by atoms with Gasteiger partial charge < -0.3 is 20.3 Å². The number of hydrogen-bond acceptors (Lipinski definition) is 4. The van der Waals surface area contributed by atoms with Gasteiger partial charge >= 0.3 is 6.09 Å². The van der Waals surface area contributed by atoms with Gasteiger partial charge in [0.25, 0.3) is 0 Å². The summed E-state index contributed by atoms with van der Waals surface area (Å²) in [5, 5.41) is 5.47. The molecule has 0 bridgehead atoms. The van der Waals surface area contributed by atoms with Crippen LogP contribution in [0.2, 0.25) is 0 Å². The standard InChI is InChI=1S/C24H39N3O4/c1-9-10-13-27(20(28)15-25-23(30)31-24(6,7)8)21(22(29)26-16(2)3)19-14-17(4)11-12-18(19)5/h11-12,14,16,21H,9-10,13,15H2,1-8H3,(H,25,30)(H,26,29). The van der Waals surface area contributed by atoms with Crippen molar-refractivity contribution in [3.05, 3.63) is 34.9 Å². The lowest BCUT2D eigenvalue weighted by atomic mass is 9.96. The van der Waals surface area contributed by atoms with E-state index in [1.807, 2.05) is 52.8 Å². The van der Waals surface area contributed by atoms with Gasteiger partial charge in [-0.15, -0.1) is 0 Å². The second-order valence-corrected chi connectivity index (χ2v) is 9.22. The van der Waals surface area contributed by atoms with Crippen molar-refractivity contribution in [3.63, 3.8) is 0 Å². The molecule has 7 nitrogen and oxygen atoms in total. The highest BCUT2D eigenvalue weighted by molar-refractivity contribution is 5.90. The number of ether oxygens (including phenoxy) is 1. The van der Waals surface area contributed by atoms with Gasteiger partial charge in [0.2, 0.25) is 11.8 Å². The molecule has 2 N–H and O–H groups in total. The van der Waals surface area contributed by atoms with Crippen LogP contribution in [-0.2, 0) is 14.3 Å². The fourth-order valence-electron chi connectivity index (χ4n) is 3.16. The van der Waals surface area contributed by atoms with E-state index in [4.69, 9.17) is 4.74 Å². The van der Waals surface area contributed by atoms with Crippen molar-refractivity contribution in [2.45, 2.75) is 85.9 Å². The molecule has 1 rings (SSSR count). The Morgan fingerprint density at radius 1 is 1.13 bits per heavy atom. The van der Waals surface area contributed by atoms with Crippen LogP contribution in [0.15, 0.2) is 18.2 Å². The SMILES string of the molecule is CCCCN(C(=O)CNC(=O)OC(C)(C)C)C(C(=O)NC(C)C)c1cc(C)ccc1C. The highest BCUT2D eigenvalue weighted by Gasteiger charge is 2.32. The summed E-state index contributed by atoms with van der Waals surface area (Å²) in [7, 11) is 0. The molecule has 0 spiro atoms. The van der Waals surface area contributed by atoms with Crippen LogP contribution in [0.25, 0.3) is 0 Å². The van der Waals surface area contributed by atoms with E-state index in [-0.39, 0.29) is 24.4 Å². The largest absolute Gasteiger partial charge is 0.444 e. The molecule has 7 heteroatoms. The van der Waals surface area contributed by atoms with Gasteiger partial charge in [0.05, 0.1) is 0 Å². The number of nitrogens with zero attached hydrogens (tertiary/aromatic N) is 1. The van der Waals surface area contributed by atoms with Gasteiger partial charge in [-0.25, -0.2) is 4.79 Å². The number of alkyl carbamates (subject to hydrolysis) is 1. The first kappa shape index (κ1) is 26.5. The van der Waals surface area contributed by atoms with Gasteiger partial charge in [0.1, 0.15) is 18.2 Å². The first-order valence-corrected chi connectivity index (χ1v) is 11.0. The third-order valence-electron chi connectivity index (χ3n) is 4.58. The Balaban J connectivity index is 3.24. The van der Waals surface area contributed by atoms with Crippen LogP contribution in [-0.4, -0.2) is 47.5 Å². The summed E-state index contributed by atoms with van der Waals surface area (Å²) in [4.78, 5) is 40.0. The van der Waals surface area contributed by atoms with Crippen molar-refractivity contribution in [1.29, 1.82) is 0 Å². The normalized spacial score (nSPS) is 12.3. The minimum atomic E-state index is -0.776. The molecule has 0 radical (unpaired) electrons. The smallest absolute Gasteiger partial charge is 0.408 e. The average Bonchev–Trinajstić information content (AvgIpc) is 2.63. The minimum absolute atomic E-state index is 0.0665. The molecular weight excluding hydrogens is 394 g/mol. The van der Waals surface area contributed by atoms with Crippen LogP contribution in [0, 0.1) is 13.8 Å². The molecule has 0 saturated heterocycles. The number of unbranched alkanes of at least 4 members (excludes halogenated alkanes) is 1. The molecule has 0 aliphatic heterocycles. The Labute approximate surface area is 186 Å². The topological polar surface area (TPSA) is 87.7 Å². The molecule has 174 valence electrons. The van der Waals surface area contributed by atoms with Crippen molar-refractivity contribution in [2.75, 3.05) is 13.1 Å². The van der Waals surface area contributed by atoms with Gasteiger partial charge in [-0.05, 0) is 66.0 Å². The average molecular weight is 434 g/mol. The van der Waals surface area contributed by atoms with E-state index in [0.717, 1.165) is 29.5 Å². The fourth-order valence-corrected chi connectivity index (χ4v) is 3.16. The second-order valence-electron chi connectivity index (χ2n) is 9.22. The molecule has 0 aromatic heterocycles. The summed E-state index contributed by atoms with van der Waals surface area (Å²) in [5.41, 5.74) is 2.08. The zero-order valence-electron chi connectivity index (χ0n) is 20.3. The third kappa shape index (κ3) is 8.99. The molecule has 1 unspecified atom stereocenters. The number of benzene rings is 1. The number of carbonyl (C=O) groups is 3. The van der Waals surface area contributed by atoms with Crippen LogP contribution in [0.1, 0.15) is 77.1 Å². The Bertz CT molecular complexity index is 769. The summed E-state index contributed by atoms with van der Waals surface area (Å²) in [6.07, 6.45) is 0.953. The Morgan fingerprint density at radius 3 is 2.32 bits per heavy atom. The number of hydrogen-bond donors (Lipinski definition) is 2. The van der Waals surface area contributed by atoms with Crippen molar-refractivity contribution < 1.29 is 19.1 Å². The van der Waals surface area contributed by atoms with Crippen molar-refractivity contribution in [1.82, 2.24) is 15.5 Å². The van der Waals surface area contributed by atoms with Gasteiger partial charge in [0, 0.05) is 12.6 Å². The lowest BCUT2D eigenvalue weighted by Crippen LogP contribution is -2.49. The van der Waals surface area contributed by atoms with Crippen LogP contribution in [0.4, 0.5) is 4.79 Å². The van der Waals surface area contributed by atoms with E-state index in [9.17, 15) is 14.4 Å². The first-order chi connectivity index (χ1) is 14.4. The molecule has 0 saturated carbocycles. The Morgan fingerprint density at radius 2 is 1.77 bits per heavy atom. The zero-order chi connectivity index (χ0) is 23.8. The molecule has 1 aromatic rings. The monoisotopic (exact) mass is 433 g/mol. The summed E-state index contributed by atoms with van der Waals surface area (Å²) < 4.78 is 5.23. The van der Waals surface area contributed by atoms with Crippen LogP contribution in [0.5, 0.6) is 0 Å². The molecule has 0 aliphatic rings. The number of nitrogens with one attached hydrogen (secondary N) is 2. The molecular formula is C24H39N3O4. The van der Waals surface area contributed by atoms with Gasteiger partial charge in [-0.3, -0.25) is 9.59 Å². The van der Waals surface area contributed by atoms with Crippen LogP contribution in [0.3, 0.4) is 0 Å². The summed E-state index contributed by atoms with van der Waals surface area (Å²) >= 11 is 0. The van der Waals surface area contributed by atoms with E-state index < -0.39 is 17.7 Å². The molecule has 1 atom stereocenters. The van der Waals surface area contributed by atoms with Crippen molar-refractivity contribution >= 4 is 17.9 Å². The van der Waals surface area contributed by atoms with Crippen LogP contribution >= 0.6 is 0 Å². The van der Waals surface area contributed by atoms with E-state index >= 15 is 0 Å². The van der Waals surface area contributed by atoms with E-state index in [1.54, 1.807) is 25.7 Å². The predicted molar refractivity (Wildman–Crippen MR) is 123 cm³/mol. The van der Waals surface area contributed by atoms with Crippen molar-refractivity contribution in [2.24, 2.45) is 0 Å². The number of rotatable bonds is 9. The number of amides is 3. The molecule has 1 aromatic carbocycles. The molecule has 0 heterocycles. The lowest BCUT2D eigenvalue weighted by Gasteiger charge is -2.33. The molecule has 31 heavy (non-hydrogen) atoms. The maximum atomic E-state index is 13.2. The fraction of sp³-hybridized carbons (Fsp3) is 0.625. The van der Waals surface area contributed by atoms with E-state index in [1.165, 1.54) is 0 Å². The summed E-state index contributed by atoms with van der Waals surface area (Å²) in [6, 6.07) is 5.05. The Hall–Kier alpha value is -2.57. The maximum absolute atomic E-state index is 13.2. The second kappa shape index (κ2) is 11.7. The third-order valence-corrected chi connectivity index (χ3v) is 4.58. The quantitative estimate of drug-likeness (QED) is 0.616. The van der Waals surface area contributed by atoms with Gasteiger partial charge in [-0.2, -0.15) is 0 Å². The maximum Gasteiger partial charge on any atom is 0.408 e. The molecule has 3 amide bonds. The number of carbonyl (C=O) groups excluding carboxylic acids is 3. The highest BCUT2D eigenvalue weighted by Crippen LogP contribution is 2.26. The van der Waals surface area contributed by atoms with Crippen molar-refractivity contribution in [3.8, 4) is 0 Å². The first-order valence-electron chi connectivity index (χ1n) is 11.0. The van der Waals surface area contributed by atoms with E-state index in [2.05, 4.69) is 10.6 Å². The Kier molecular flexibility index (Phi) is 10.0. The molecule has 0 fully saturated rings.